The minimum absolute atomic E-state index is 0.0556. The minimum Gasteiger partial charge on any atom is -0.444 e. The summed E-state index contributed by atoms with van der Waals surface area (Å²) in [5.74, 6) is 1.36. The zero-order chi connectivity index (χ0) is 21.3. The Kier molecular flexibility index (Phi) is 4.60. The zero-order valence-electron chi connectivity index (χ0n) is 18.5. The lowest BCUT2D eigenvalue weighted by Gasteiger charge is -2.32. The maximum Gasteiger partial charge on any atom is 0.407 e. The Morgan fingerprint density at radius 2 is 1.73 bits per heavy atom. The first kappa shape index (κ1) is 20.1. The van der Waals surface area contributed by atoms with Crippen LogP contribution in [0.4, 0.5) is 4.79 Å². The fourth-order valence-corrected chi connectivity index (χ4v) is 5.94. The Morgan fingerprint density at radius 1 is 1.03 bits per heavy atom. The van der Waals surface area contributed by atoms with E-state index >= 15 is 0 Å². The fraction of sp³-hybridized carbons (Fsp3) is 0.870. The molecule has 0 aromatic heterocycles. The van der Waals surface area contributed by atoms with Gasteiger partial charge in [0, 0.05) is 25.7 Å². The van der Waals surface area contributed by atoms with Crippen LogP contribution >= 0.6 is 0 Å². The fourth-order valence-electron chi connectivity index (χ4n) is 5.94. The summed E-state index contributed by atoms with van der Waals surface area (Å²) in [5.41, 5.74) is -0.394. The summed E-state index contributed by atoms with van der Waals surface area (Å²) in [7, 11) is 0. The van der Waals surface area contributed by atoms with E-state index in [0.717, 1.165) is 51.6 Å². The van der Waals surface area contributed by atoms with Gasteiger partial charge in [-0.25, -0.2) is 4.79 Å². The molecule has 0 bridgehead atoms. The molecule has 30 heavy (non-hydrogen) atoms. The Morgan fingerprint density at radius 3 is 2.37 bits per heavy atom. The second-order valence-electron chi connectivity index (χ2n) is 11.5. The van der Waals surface area contributed by atoms with Crippen molar-refractivity contribution in [1.29, 1.82) is 0 Å². The number of hydrogen-bond donors (Lipinski definition) is 1. The van der Waals surface area contributed by atoms with E-state index in [1.54, 1.807) is 0 Å². The topological polar surface area (TPSA) is 79.0 Å². The van der Waals surface area contributed by atoms with Gasteiger partial charge in [0.2, 0.25) is 11.8 Å². The van der Waals surface area contributed by atoms with E-state index in [9.17, 15) is 14.4 Å². The second kappa shape index (κ2) is 6.86. The third-order valence-electron chi connectivity index (χ3n) is 7.86. The van der Waals surface area contributed by atoms with Gasteiger partial charge in [0.05, 0.1) is 5.92 Å². The summed E-state index contributed by atoms with van der Waals surface area (Å²) >= 11 is 0. The molecule has 1 N–H and O–H groups in total. The number of rotatable bonds is 3. The Balaban J connectivity index is 1.27. The van der Waals surface area contributed by atoms with Crippen LogP contribution in [0.1, 0.15) is 65.7 Å². The van der Waals surface area contributed by atoms with Crippen molar-refractivity contribution in [3.8, 4) is 0 Å². The van der Waals surface area contributed by atoms with Crippen LogP contribution in [0, 0.1) is 23.2 Å². The number of amides is 3. The number of carbonyl (C=O) groups is 3. The van der Waals surface area contributed by atoms with Crippen LogP contribution in [-0.2, 0) is 14.3 Å². The van der Waals surface area contributed by atoms with Gasteiger partial charge in [-0.3, -0.25) is 9.59 Å². The third-order valence-corrected chi connectivity index (χ3v) is 7.86. The van der Waals surface area contributed by atoms with E-state index in [1.165, 1.54) is 6.42 Å². The van der Waals surface area contributed by atoms with Gasteiger partial charge >= 0.3 is 6.09 Å². The molecule has 5 aliphatic rings. The van der Waals surface area contributed by atoms with Gasteiger partial charge in [0.15, 0.2) is 0 Å². The molecular weight excluding hydrogens is 382 g/mol. The quantitative estimate of drug-likeness (QED) is 0.765. The predicted molar refractivity (Wildman–Crippen MR) is 110 cm³/mol. The van der Waals surface area contributed by atoms with E-state index in [2.05, 4.69) is 5.32 Å². The van der Waals surface area contributed by atoms with Crippen LogP contribution < -0.4 is 5.32 Å². The van der Waals surface area contributed by atoms with Crippen LogP contribution in [-0.4, -0.2) is 65.0 Å². The van der Waals surface area contributed by atoms with Gasteiger partial charge in [-0.1, -0.05) is 6.42 Å². The average molecular weight is 418 g/mol. The highest BCUT2D eigenvalue weighted by atomic mass is 16.6. The molecule has 2 aliphatic heterocycles. The number of alkyl carbamates (subject to hydrolysis) is 1. The molecule has 5 atom stereocenters. The highest BCUT2D eigenvalue weighted by molar-refractivity contribution is 5.90. The van der Waals surface area contributed by atoms with E-state index in [0.29, 0.717) is 18.4 Å². The van der Waals surface area contributed by atoms with Crippen LogP contribution in [0.5, 0.6) is 0 Å². The molecule has 1 spiro atoms. The molecule has 7 nitrogen and oxygen atoms in total. The largest absolute Gasteiger partial charge is 0.444 e. The number of fused-ring (bicyclic) bond motifs is 1. The van der Waals surface area contributed by atoms with E-state index in [4.69, 9.17) is 4.74 Å². The maximum absolute atomic E-state index is 13.6. The molecule has 3 saturated carbocycles. The SMILES string of the molecule is CC(C)(C)OC(=O)N[C@H]1CCC[C@H]1C(=O)N1CC2(CC2)C[C@@H]1C(=O)N1CC2CC2C1. The third kappa shape index (κ3) is 3.80. The van der Waals surface area contributed by atoms with E-state index in [1.807, 2.05) is 30.6 Å². The summed E-state index contributed by atoms with van der Waals surface area (Å²) in [6.45, 7) is 7.96. The smallest absolute Gasteiger partial charge is 0.407 e. The number of hydrogen-bond acceptors (Lipinski definition) is 4. The lowest BCUT2D eigenvalue weighted by molar-refractivity contribution is -0.146. The van der Waals surface area contributed by atoms with Crippen molar-refractivity contribution in [3.05, 3.63) is 0 Å². The number of nitrogens with zero attached hydrogens (tertiary/aromatic N) is 2. The Bertz CT molecular complexity index is 746. The molecule has 7 heteroatoms. The predicted octanol–water partition coefficient (Wildman–Crippen LogP) is 2.54. The molecule has 2 saturated heterocycles. The number of carbonyl (C=O) groups excluding carboxylic acids is 3. The van der Waals surface area contributed by atoms with Gasteiger partial charge in [0.1, 0.15) is 11.6 Å². The van der Waals surface area contributed by atoms with Crippen molar-refractivity contribution in [2.45, 2.75) is 83.4 Å². The van der Waals surface area contributed by atoms with Crippen molar-refractivity contribution < 1.29 is 19.1 Å². The molecule has 3 aliphatic carbocycles. The highest BCUT2D eigenvalue weighted by Gasteiger charge is 2.58. The van der Waals surface area contributed by atoms with Crippen molar-refractivity contribution >= 4 is 17.9 Å². The summed E-state index contributed by atoms with van der Waals surface area (Å²) in [5, 5.41) is 2.93. The van der Waals surface area contributed by atoms with Crippen molar-refractivity contribution in [3.63, 3.8) is 0 Å². The monoisotopic (exact) mass is 417 g/mol. The molecule has 0 radical (unpaired) electrons. The molecule has 2 unspecified atom stereocenters. The molecule has 5 fully saturated rings. The lowest BCUT2D eigenvalue weighted by atomic mass is 10.0. The standard InChI is InChI=1S/C23H35N3O4/c1-22(2,3)30-21(29)24-17-6-4-5-16(17)19(27)26-13-23(7-8-23)10-18(26)20(28)25-11-14-9-15(14)12-25/h14-18H,4-13H2,1-3H3,(H,24,29)/t14?,15?,16-,17+,18-/m1/s1. The number of nitrogens with one attached hydrogen (secondary N) is 1. The number of likely N-dealkylation sites (tertiary alicyclic amines) is 2. The summed E-state index contributed by atoms with van der Waals surface area (Å²) < 4.78 is 5.40. The minimum atomic E-state index is -0.566. The van der Waals surface area contributed by atoms with E-state index < -0.39 is 11.7 Å². The van der Waals surface area contributed by atoms with Gasteiger partial charge in [0.25, 0.3) is 0 Å². The van der Waals surface area contributed by atoms with Crippen LogP contribution in [0.3, 0.4) is 0 Å². The molecule has 3 amide bonds. The van der Waals surface area contributed by atoms with Crippen molar-refractivity contribution in [1.82, 2.24) is 15.1 Å². The summed E-state index contributed by atoms with van der Waals surface area (Å²) in [6, 6.07) is -0.515. The van der Waals surface area contributed by atoms with Crippen LogP contribution in [0.15, 0.2) is 0 Å². The van der Waals surface area contributed by atoms with Crippen LogP contribution in [0.2, 0.25) is 0 Å². The van der Waals surface area contributed by atoms with Gasteiger partial charge in [-0.2, -0.15) is 0 Å². The average Bonchev–Trinajstić information content (AvgIpc) is 3.38. The highest BCUT2D eigenvalue weighted by Crippen LogP contribution is 2.56. The molecule has 5 rings (SSSR count). The molecule has 166 valence electrons. The first-order chi connectivity index (χ1) is 14.1. The molecule has 2 heterocycles. The summed E-state index contributed by atoms with van der Waals surface area (Å²) in [6.07, 6.45) is 6.31. The van der Waals surface area contributed by atoms with Crippen LogP contribution in [0.25, 0.3) is 0 Å². The lowest BCUT2D eigenvalue weighted by Crippen LogP contribution is -2.52. The van der Waals surface area contributed by atoms with Gasteiger partial charge < -0.3 is 19.9 Å². The Labute approximate surface area is 178 Å². The molecule has 0 aromatic carbocycles. The summed E-state index contributed by atoms with van der Waals surface area (Å²) in [4.78, 5) is 43.1. The van der Waals surface area contributed by atoms with Gasteiger partial charge in [-0.05, 0) is 76.5 Å². The van der Waals surface area contributed by atoms with E-state index in [-0.39, 0.29) is 35.2 Å². The maximum atomic E-state index is 13.6. The first-order valence-electron chi connectivity index (χ1n) is 11.7. The number of ether oxygens (including phenoxy) is 1. The van der Waals surface area contributed by atoms with Crippen molar-refractivity contribution in [2.24, 2.45) is 23.2 Å². The zero-order valence-corrected chi connectivity index (χ0v) is 18.5. The second-order valence-corrected chi connectivity index (χ2v) is 11.5. The first-order valence-corrected chi connectivity index (χ1v) is 11.7. The molecule has 0 aromatic rings. The normalized spacial score (nSPS) is 36.0. The number of piperidine rings is 1. The van der Waals surface area contributed by atoms with Crippen molar-refractivity contribution in [2.75, 3.05) is 19.6 Å². The van der Waals surface area contributed by atoms with Gasteiger partial charge in [-0.15, -0.1) is 0 Å². The molecular formula is C23H35N3O4. The Hall–Kier alpha value is -1.79.